The topological polar surface area (TPSA) is 86.8 Å². The molecule has 2 aromatic carbocycles. The first-order valence-electron chi connectivity index (χ1n) is 11.6. The molecule has 2 amide bonds. The van der Waals surface area contributed by atoms with Gasteiger partial charge in [0.05, 0.1) is 4.90 Å². The van der Waals surface area contributed by atoms with Crippen LogP contribution in [0.25, 0.3) is 0 Å². The van der Waals surface area contributed by atoms with E-state index in [-0.39, 0.29) is 29.6 Å². The van der Waals surface area contributed by atoms with Crippen molar-refractivity contribution in [2.75, 3.05) is 29.3 Å². The molecule has 2 heterocycles. The Balaban J connectivity index is 1.42. The maximum absolute atomic E-state index is 12.9. The predicted octanol–water partition coefficient (Wildman–Crippen LogP) is 3.79. The van der Waals surface area contributed by atoms with E-state index >= 15 is 0 Å². The number of rotatable bonds is 6. The van der Waals surface area contributed by atoms with Crippen molar-refractivity contribution in [3.8, 4) is 0 Å². The van der Waals surface area contributed by atoms with Gasteiger partial charge in [0, 0.05) is 43.9 Å². The van der Waals surface area contributed by atoms with Crippen molar-refractivity contribution in [1.29, 1.82) is 0 Å². The maximum Gasteiger partial charge on any atom is 0.261 e. The summed E-state index contributed by atoms with van der Waals surface area (Å²) in [4.78, 5) is 28.9. The number of amides is 2. The van der Waals surface area contributed by atoms with Crippen molar-refractivity contribution in [3.63, 3.8) is 0 Å². The third-order valence-electron chi connectivity index (χ3n) is 6.58. The van der Waals surface area contributed by atoms with E-state index in [1.165, 1.54) is 6.07 Å². The Morgan fingerprint density at radius 1 is 0.879 bits per heavy atom. The molecule has 0 aliphatic carbocycles. The highest BCUT2D eigenvalue weighted by atomic mass is 32.2. The Morgan fingerprint density at radius 2 is 1.61 bits per heavy atom. The summed E-state index contributed by atoms with van der Waals surface area (Å²) < 4.78 is 28.5. The number of carbonyl (C=O) groups is 2. The van der Waals surface area contributed by atoms with Crippen molar-refractivity contribution in [2.24, 2.45) is 0 Å². The molecular formula is C25H31N3O4S. The lowest BCUT2D eigenvalue weighted by Gasteiger charge is -2.27. The number of aryl methyl sites for hydroxylation is 2. The van der Waals surface area contributed by atoms with Crippen LogP contribution in [0.4, 0.5) is 11.4 Å². The van der Waals surface area contributed by atoms with Crippen molar-refractivity contribution in [3.05, 3.63) is 53.1 Å². The molecule has 8 heteroatoms. The van der Waals surface area contributed by atoms with E-state index in [1.807, 2.05) is 30.9 Å². The molecule has 1 N–H and O–H groups in total. The Labute approximate surface area is 195 Å². The SMILES string of the molecule is Cc1ccc(NS(=O)(=O)c2ccc3c(c2)CCN3C(=O)CCC(=O)N2CCCCC2)cc1C. The van der Waals surface area contributed by atoms with Crippen LogP contribution in [0, 0.1) is 13.8 Å². The van der Waals surface area contributed by atoms with Crippen LogP contribution in [-0.2, 0) is 26.0 Å². The van der Waals surface area contributed by atoms with E-state index in [0.717, 1.165) is 54.7 Å². The summed E-state index contributed by atoms with van der Waals surface area (Å²) in [5.74, 6) is -0.0516. The largest absolute Gasteiger partial charge is 0.343 e. The number of hydrogen-bond acceptors (Lipinski definition) is 4. The second kappa shape index (κ2) is 9.55. The predicted molar refractivity (Wildman–Crippen MR) is 129 cm³/mol. The van der Waals surface area contributed by atoms with Crippen molar-refractivity contribution < 1.29 is 18.0 Å². The third kappa shape index (κ3) is 5.21. The summed E-state index contributed by atoms with van der Waals surface area (Å²) >= 11 is 0. The number of anilines is 2. The van der Waals surface area contributed by atoms with Gasteiger partial charge in [-0.05, 0) is 86.6 Å². The van der Waals surface area contributed by atoms with Crippen LogP contribution in [0.3, 0.4) is 0 Å². The normalized spacial score (nSPS) is 15.9. The molecule has 0 unspecified atom stereocenters. The van der Waals surface area contributed by atoms with Crippen LogP contribution in [0.1, 0.15) is 48.8 Å². The maximum atomic E-state index is 12.9. The van der Waals surface area contributed by atoms with Crippen LogP contribution in [0.2, 0.25) is 0 Å². The lowest BCUT2D eigenvalue weighted by molar-refractivity contribution is -0.133. The lowest BCUT2D eigenvalue weighted by Crippen LogP contribution is -2.37. The lowest BCUT2D eigenvalue weighted by atomic mass is 10.1. The van der Waals surface area contributed by atoms with Gasteiger partial charge < -0.3 is 9.80 Å². The summed E-state index contributed by atoms with van der Waals surface area (Å²) in [5.41, 5.74) is 4.19. The number of carbonyl (C=O) groups excluding carboxylic acids is 2. The monoisotopic (exact) mass is 469 g/mol. The number of likely N-dealkylation sites (tertiary alicyclic amines) is 1. The Kier molecular flexibility index (Phi) is 6.74. The van der Waals surface area contributed by atoms with Crippen LogP contribution in [0.5, 0.6) is 0 Å². The molecule has 4 rings (SSSR count). The zero-order valence-electron chi connectivity index (χ0n) is 19.3. The van der Waals surface area contributed by atoms with Gasteiger partial charge in [0.1, 0.15) is 0 Å². The third-order valence-corrected chi connectivity index (χ3v) is 7.96. The molecule has 2 aromatic rings. The summed E-state index contributed by atoms with van der Waals surface area (Å²) in [7, 11) is -3.74. The van der Waals surface area contributed by atoms with E-state index in [4.69, 9.17) is 0 Å². The van der Waals surface area contributed by atoms with Crippen molar-refractivity contribution in [2.45, 2.75) is 57.3 Å². The number of nitrogens with zero attached hydrogens (tertiary/aromatic N) is 2. The minimum atomic E-state index is -3.74. The highest BCUT2D eigenvalue weighted by Crippen LogP contribution is 2.31. The Bertz CT molecular complexity index is 1170. The summed E-state index contributed by atoms with van der Waals surface area (Å²) in [6, 6.07) is 10.3. The number of hydrogen-bond donors (Lipinski definition) is 1. The van der Waals surface area contributed by atoms with E-state index in [0.29, 0.717) is 18.7 Å². The molecular weight excluding hydrogens is 438 g/mol. The zero-order valence-corrected chi connectivity index (χ0v) is 20.1. The number of fused-ring (bicyclic) bond motifs is 1. The molecule has 0 spiro atoms. The Morgan fingerprint density at radius 3 is 2.33 bits per heavy atom. The molecule has 0 atom stereocenters. The standard InChI is InChI=1S/C25H31N3O4S/c1-18-6-7-21(16-19(18)2)26-33(31,32)22-8-9-23-20(17-22)12-15-28(23)25(30)11-10-24(29)27-13-4-3-5-14-27/h6-9,16-17,26H,3-5,10-15H2,1-2H3. The van der Waals surface area contributed by atoms with E-state index in [2.05, 4.69) is 4.72 Å². The van der Waals surface area contributed by atoms with E-state index in [1.54, 1.807) is 23.1 Å². The molecule has 1 saturated heterocycles. The highest BCUT2D eigenvalue weighted by Gasteiger charge is 2.27. The second-order valence-corrected chi connectivity index (χ2v) is 10.6. The molecule has 1 fully saturated rings. The van der Waals surface area contributed by atoms with Gasteiger partial charge in [-0.2, -0.15) is 0 Å². The number of piperidine rings is 1. The van der Waals surface area contributed by atoms with Crippen molar-refractivity contribution >= 4 is 33.2 Å². The van der Waals surface area contributed by atoms with Gasteiger partial charge in [-0.15, -0.1) is 0 Å². The van der Waals surface area contributed by atoms with Gasteiger partial charge in [0.25, 0.3) is 10.0 Å². The minimum absolute atomic E-state index is 0.0429. The van der Waals surface area contributed by atoms with Gasteiger partial charge in [0.15, 0.2) is 0 Å². The Hall–Kier alpha value is -2.87. The van der Waals surface area contributed by atoms with Gasteiger partial charge in [-0.25, -0.2) is 8.42 Å². The smallest absolute Gasteiger partial charge is 0.261 e. The second-order valence-electron chi connectivity index (χ2n) is 8.93. The zero-order chi connectivity index (χ0) is 23.6. The van der Waals surface area contributed by atoms with Crippen LogP contribution < -0.4 is 9.62 Å². The molecule has 2 aliphatic rings. The van der Waals surface area contributed by atoms with E-state index < -0.39 is 10.0 Å². The average Bonchev–Trinajstić information content (AvgIpc) is 3.23. The summed E-state index contributed by atoms with van der Waals surface area (Å²) in [6.07, 6.45) is 4.20. The molecule has 0 radical (unpaired) electrons. The molecule has 33 heavy (non-hydrogen) atoms. The fraction of sp³-hybridized carbons (Fsp3) is 0.440. The number of benzene rings is 2. The highest BCUT2D eigenvalue weighted by molar-refractivity contribution is 7.92. The summed E-state index contributed by atoms with van der Waals surface area (Å²) in [6.45, 7) is 5.99. The van der Waals surface area contributed by atoms with Crippen LogP contribution in [-0.4, -0.2) is 44.8 Å². The van der Waals surface area contributed by atoms with Gasteiger partial charge in [0.2, 0.25) is 11.8 Å². The quantitative estimate of drug-likeness (QED) is 0.697. The first-order chi connectivity index (χ1) is 15.7. The molecule has 0 aromatic heterocycles. The minimum Gasteiger partial charge on any atom is -0.343 e. The van der Waals surface area contributed by atoms with Crippen LogP contribution >= 0.6 is 0 Å². The fourth-order valence-electron chi connectivity index (χ4n) is 4.47. The summed E-state index contributed by atoms with van der Waals surface area (Å²) in [5, 5.41) is 0. The fourth-order valence-corrected chi connectivity index (χ4v) is 5.57. The van der Waals surface area contributed by atoms with E-state index in [9.17, 15) is 18.0 Å². The number of sulfonamides is 1. The average molecular weight is 470 g/mol. The first kappa shape index (κ1) is 23.3. The van der Waals surface area contributed by atoms with Gasteiger partial charge >= 0.3 is 0 Å². The molecule has 7 nitrogen and oxygen atoms in total. The van der Waals surface area contributed by atoms with Crippen molar-refractivity contribution in [1.82, 2.24) is 4.90 Å². The number of nitrogens with one attached hydrogen (secondary N) is 1. The molecule has 2 aliphatic heterocycles. The first-order valence-corrected chi connectivity index (χ1v) is 13.0. The van der Waals surface area contributed by atoms with Gasteiger partial charge in [-0.3, -0.25) is 14.3 Å². The molecule has 0 bridgehead atoms. The van der Waals surface area contributed by atoms with Gasteiger partial charge in [-0.1, -0.05) is 6.07 Å². The molecule has 176 valence electrons. The molecule has 0 saturated carbocycles. The van der Waals surface area contributed by atoms with Crippen LogP contribution in [0.15, 0.2) is 41.3 Å².